The fraction of sp³-hybridized carbons (Fsp3) is 0.318. The van der Waals surface area contributed by atoms with Crippen molar-refractivity contribution in [2.75, 3.05) is 37.3 Å². The van der Waals surface area contributed by atoms with Crippen LogP contribution in [0.25, 0.3) is 0 Å². The Balaban J connectivity index is 1.55. The van der Waals surface area contributed by atoms with E-state index in [2.05, 4.69) is 10.6 Å². The molecule has 0 saturated carbocycles. The van der Waals surface area contributed by atoms with Crippen LogP contribution in [-0.4, -0.2) is 54.3 Å². The minimum absolute atomic E-state index is 0.146. The maximum atomic E-state index is 12.9. The van der Waals surface area contributed by atoms with E-state index in [-0.39, 0.29) is 24.4 Å². The fourth-order valence-corrected chi connectivity index (χ4v) is 3.98. The van der Waals surface area contributed by atoms with Crippen molar-refractivity contribution in [1.29, 1.82) is 0 Å². The Morgan fingerprint density at radius 3 is 2.39 bits per heavy atom. The van der Waals surface area contributed by atoms with Crippen molar-refractivity contribution in [3.63, 3.8) is 0 Å². The lowest BCUT2D eigenvalue weighted by atomic mass is 9.97. The Morgan fingerprint density at radius 1 is 1.03 bits per heavy atom. The highest BCUT2D eigenvalue weighted by Gasteiger charge is 2.31. The topological polar surface area (TPSA) is 81.8 Å². The van der Waals surface area contributed by atoms with Gasteiger partial charge < -0.3 is 20.4 Å². The van der Waals surface area contributed by atoms with Gasteiger partial charge in [0.05, 0.1) is 28.2 Å². The summed E-state index contributed by atoms with van der Waals surface area (Å²) in [5, 5.41) is 6.14. The van der Waals surface area contributed by atoms with Crippen LogP contribution in [0.3, 0.4) is 0 Å². The van der Waals surface area contributed by atoms with Gasteiger partial charge in [0.2, 0.25) is 11.8 Å². The maximum Gasteiger partial charge on any atom is 0.321 e. The van der Waals surface area contributed by atoms with Crippen LogP contribution in [-0.2, 0) is 9.59 Å². The first-order chi connectivity index (χ1) is 14.8. The number of piperidine rings is 1. The summed E-state index contributed by atoms with van der Waals surface area (Å²) < 4.78 is 0. The highest BCUT2D eigenvalue weighted by Crippen LogP contribution is 2.29. The van der Waals surface area contributed by atoms with Gasteiger partial charge in [0.15, 0.2) is 0 Å². The molecule has 4 amide bonds. The molecule has 1 fully saturated rings. The second kappa shape index (κ2) is 10.5. The van der Waals surface area contributed by atoms with E-state index in [1.165, 1.54) is 4.90 Å². The number of anilines is 2. The number of nitrogens with one attached hydrogen (secondary N) is 2. The Labute approximate surface area is 191 Å². The molecule has 2 N–H and O–H groups in total. The number of hydrogen-bond donors (Lipinski definition) is 2. The molecule has 1 aliphatic rings. The molecule has 0 aliphatic carbocycles. The van der Waals surface area contributed by atoms with E-state index in [9.17, 15) is 14.4 Å². The van der Waals surface area contributed by atoms with E-state index in [1.807, 2.05) is 30.3 Å². The van der Waals surface area contributed by atoms with Gasteiger partial charge in [0.1, 0.15) is 0 Å². The van der Waals surface area contributed by atoms with E-state index in [0.29, 0.717) is 47.4 Å². The molecule has 31 heavy (non-hydrogen) atoms. The summed E-state index contributed by atoms with van der Waals surface area (Å²) in [5.74, 6) is -0.949. The zero-order valence-electron chi connectivity index (χ0n) is 17.1. The summed E-state index contributed by atoms with van der Waals surface area (Å²) in [6.07, 6.45) is 1.38. The van der Waals surface area contributed by atoms with Gasteiger partial charge >= 0.3 is 6.03 Å². The van der Waals surface area contributed by atoms with Crippen molar-refractivity contribution >= 4 is 52.4 Å². The number of nitrogens with zero attached hydrogens (tertiary/aromatic N) is 2. The van der Waals surface area contributed by atoms with Gasteiger partial charge in [-0.05, 0) is 37.1 Å². The lowest BCUT2D eigenvalue weighted by Gasteiger charge is -2.33. The number of carbonyl (C=O) groups excluding carboxylic acids is 3. The fourth-order valence-electron chi connectivity index (χ4n) is 3.49. The summed E-state index contributed by atoms with van der Waals surface area (Å²) in [6.45, 7) is 0.741. The quantitative estimate of drug-likeness (QED) is 0.693. The molecule has 2 aromatic rings. The predicted octanol–water partition coefficient (Wildman–Crippen LogP) is 4.33. The van der Waals surface area contributed by atoms with E-state index < -0.39 is 5.91 Å². The number of likely N-dealkylation sites (N-methyl/N-ethyl adjacent to an activating group) is 1. The molecular formula is C22H24Cl2N4O3. The molecule has 1 atom stereocenters. The number of rotatable bonds is 5. The first kappa shape index (κ1) is 22.9. The number of halogens is 2. The molecule has 9 heteroatoms. The Hall–Kier alpha value is -2.77. The Kier molecular flexibility index (Phi) is 7.76. The van der Waals surface area contributed by atoms with E-state index in [0.717, 1.165) is 0 Å². The van der Waals surface area contributed by atoms with Gasteiger partial charge in [-0.25, -0.2) is 4.79 Å². The summed E-state index contributed by atoms with van der Waals surface area (Å²) in [6, 6.07) is 13.9. The first-order valence-corrected chi connectivity index (χ1v) is 10.7. The molecule has 1 unspecified atom stereocenters. The summed E-state index contributed by atoms with van der Waals surface area (Å²) in [5.41, 5.74) is 1.02. The zero-order chi connectivity index (χ0) is 22.4. The highest BCUT2D eigenvalue weighted by molar-refractivity contribution is 6.39. The SMILES string of the molecule is CN(CC(=O)Nc1c(Cl)cccc1Cl)C(=O)C1CCCN(C(=O)Nc2ccccc2)C1. The molecule has 0 aromatic heterocycles. The van der Waals surface area contributed by atoms with Gasteiger partial charge in [0.25, 0.3) is 0 Å². The van der Waals surface area contributed by atoms with E-state index in [1.54, 1.807) is 30.1 Å². The third-order valence-corrected chi connectivity index (χ3v) is 5.70. The Bertz CT molecular complexity index is 935. The summed E-state index contributed by atoms with van der Waals surface area (Å²) >= 11 is 12.2. The highest BCUT2D eigenvalue weighted by atomic mass is 35.5. The monoisotopic (exact) mass is 462 g/mol. The molecule has 164 valence electrons. The lowest BCUT2D eigenvalue weighted by Crippen LogP contribution is -2.48. The minimum atomic E-state index is -0.402. The van der Waals surface area contributed by atoms with Crippen molar-refractivity contribution in [1.82, 2.24) is 9.80 Å². The number of hydrogen-bond acceptors (Lipinski definition) is 3. The lowest BCUT2D eigenvalue weighted by molar-refractivity contribution is -0.138. The first-order valence-electron chi connectivity index (χ1n) is 9.95. The number of likely N-dealkylation sites (tertiary alicyclic amines) is 1. The second-order valence-corrected chi connectivity index (χ2v) is 8.23. The van der Waals surface area contributed by atoms with Crippen molar-refractivity contribution in [2.45, 2.75) is 12.8 Å². The van der Waals surface area contributed by atoms with Crippen molar-refractivity contribution in [3.8, 4) is 0 Å². The van der Waals surface area contributed by atoms with Gasteiger partial charge in [-0.1, -0.05) is 47.5 Å². The average Bonchev–Trinajstić information content (AvgIpc) is 2.76. The normalized spacial score (nSPS) is 15.8. The van der Waals surface area contributed by atoms with Gasteiger partial charge in [-0.2, -0.15) is 0 Å². The molecular weight excluding hydrogens is 439 g/mol. The van der Waals surface area contributed by atoms with Crippen LogP contribution in [0.2, 0.25) is 10.0 Å². The third kappa shape index (κ3) is 6.12. The third-order valence-electron chi connectivity index (χ3n) is 5.07. The predicted molar refractivity (Wildman–Crippen MR) is 122 cm³/mol. The van der Waals surface area contributed by atoms with Crippen molar-refractivity contribution in [3.05, 3.63) is 58.6 Å². The molecule has 0 bridgehead atoms. The second-order valence-electron chi connectivity index (χ2n) is 7.42. The summed E-state index contributed by atoms with van der Waals surface area (Å²) in [7, 11) is 1.57. The smallest absolute Gasteiger partial charge is 0.321 e. The molecule has 1 saturated heterocycles. The van der Waals surface area contributed by atoms with Gasteiger partial charge in [0, 0.05) is 25.8 Å². The van der Waals surface area contributed by atoms with Crippen molar-refractivity contribution < 1.29 is 14.4 Å². The van der Waals surface area contributed by atoms with Crippen molar-refractivity contribution in [2.24, 2.45) is 5.92 Å². The molecule has 0 radical (unpaired) electrons. The number of para-hydroxylation sites is 2. The van der Waals surface area contributed by atoms with Crippen LogP contribution in [0.1, 0.15) is 12.8 Å². The molecule has 1 heterocycles. The Morgan fingerprint density at radius 2 is 1.71 bits per heavy atom. The number of benzene rings is 2. The largest absolute Gasteiger partial charge is 0.336 e. The summed E-state index contributed by atoms with van der Waals surface area (Å²) in [4.78, 5) is 40.8. The molecule has 3 rings (SSSR count). The molecule has 1 aliphatic heterocycles. The molecule has 2 aromatic carbocycles. The maximum absolute atomic E-state index is 12.9. The molecule has 0 spiro atoms. The molecule has 7 nitrogen and oxygen atoms in total. The van der Waals surface area contributed by atoms with E-state index in [4.69, 9.17) is 23.2 Å². The van der Waals surface area contributed by atoms with Crippen LogP contribution in [0, 0.1) is 5.92 Å². The van der Waals surface area contributed by atoms with Gasteiger partial charge in [-0.3, -0.25) is 9.59 Å². The number of carbonyl (C=O) groups is 3. The number of urea groups is 1. The van der Waals surface area contributed by atoms with Crippen LogP contribution in [0.15, 0.2) is 48.5 Å². The zero-order valence-corrected chi connectivity index (χ0v) is 18.6. The average molecular weight is 463 g/mol. The standard InChI is InChI=1S/C22H24Cl2N4O3/c1-27(14-19(29)26-20-17(23)10-5-11-18(20)24)21(30)15-7-6-12-28(13-15)22(31)25-16-8-3-2-4-9-16/h2-5,8-11,15H,6-7,12-14H2,1H3,(H,25,31)(H,26,29). The number of amides is 4. The minimum Gasteiger partial charge on any atom is -0.336 e. The van der Waals surface area contributed by atoms with Crippen LogP contribution in [0.5, 0.6) is 0 Å². The van der Waals surface area contributed by atoms with Crippen LogP contribution < -0.4 is 10.6 Å². The van der Waals surface area contributed by atoms with E-state index >= 15 is 0 Å². The van der Waals surface area contributed by atoms with Crippen LogP contribution >= 0.6 is 23.2 Å². The van der Waals surface area contributed by atoms with Crippen LogP contribution in [0.4, 0.5) is 16.2 Å². The van der Waals surface area contributed by atoms with Gasteiger partial charge in [-0.15, -0.1) is 0 Å².